The number of rotatable bonds is 4. The third kappa shape index (κ3) is 2.95. The largest absolute Gasteiger partial charge is 0.337 e. The normalized spacial score (nSPS) is 24.5. The fourth-order valence-corrected chi connectivity index (χ4v) is 4.72. The third-order valence-electron chi connectivity index (χ3n) is 5.98. The van der Waals surface area contributed by atoms with Crippen molar-refractivity contribution in [3.05, 3.63) is 30.1 Å². The van der Waals surface area contributed by atoms with E-state index in [-0.39, 0.29) is 5.91 Å². The van der Waals surface area contributed by atoms with Crippen LogP contribution < -0.4 is 0 Å². The van der Waals surface area contributed by atoms with Gasteiger partial charge in [-0.3, -0.25) is 4.79 Å². The van der Waals surface area contributed by atoms with Crippen molar-refractivity contribution in [1.82, 2.24) is 19.4 Å². The summed E-state index contributed by atoms with van der Waals surface area (Å²) in [6.45, 7) is 4.59. The first-order chi connectivity index (χ1) is 12.2. The molecule has 2 aromatic rings. The number of imidazole rings is 1. The molecular formula is C20H28N4O. The zero-order valence-corrected chi connectivity index (χ0v) is 15.3. The van der Waals surface area contributed by atoms with Crippen LogP contribution in [0.2, 0.25) is 0 Å². The van der Waals surface area contributed by atoms with Crippen molar-refractivity contribution < 1.29 is 4.79 Å². The minimum Gasteiger partial charge on any atom is -0.337 e. The van der Waals surface area contributed by atoms with Gasteiger partial charge in [0.15, 0.2) is 0 Å². The second-order valence-corrected chi connectivity index (χ2v) is 7.44. The molecule has 5 heteroatoms. The molecular weight excluding hydrogens is 312 g/mol. The summed E-state index contributed by atoms with van der Waals surface area (Å²) in [5.74, 6) is 1.25. The van der Waals surface area contributed by atoms with Gasteiger partial charge >= 0.3 is 0 Å². The van der Waals surface area contributed by atoms with Crippen molar-refractivity contribution >= 4 is 16.9 Å². The molecule has 0 spiro atoms. The van der Waals surface area contributed by atoms with Gasteiger partial charge in [0, 0.05) is 25.0 Å². The Hall–Kier alpha value is -1.88. The van der Waals surface area contributed by atoms with Crippen molar-refractivity contribution in [2.45, 2.75) is 57.7 Å². The minimum atomic E-state index is 0.251. The first-order valence-corrected chi connectivity index (χ1v) is 9.63. The van der Waals surface area contributed by atoms with Crippen LogP contribution in [0.5, 0.6) is 0 Å². The van der Waals surface area contributed by atoms with E-state index in [4.69, 9.17) is 4.98 Å². The number of benzene rings is 1. The highest BCUT2D eigenvalue weighted by atomic mass is 16.2. The number of likely N-dealkylation sites (N-methyl/N-ethyl adjacent to an activating group) is 1. The van der Waals surface area contributed by atoms with Gasteiger partial charge in [-0.25, -0.2) is 4.98 Å². The van der Waals surface area contributed by atoms with E-state index in [0.29, 0.717) is 18.6 Å². The highest BCUT2D eigenvalue weighted by molar-refractivity contribution is 5.81. The van der Waals surface area contributed by atoms with Crippen LogP contribution in [0.15, 0.2) is 24.3 Å². The SMILES string of the molecule is CCc1nc2ccccc2n1CC(=O)N1CCC[C@H]1[C@@H]1CCCN1C. The number of likely N-dealkylation sites (tertiary alicyclic amines) is 2. The Morgan fingerprint density at radius 3 is 2.68 bits per heavy atom. The predicted molar refractivity (Wildman–Crippen MR) is 99.5 cm³/mol. The number of hydrogen-bond acceptors (Lipinski definition) is 3. The van der Waals surface area contributed by atoms with Crippen molar-refractivity contribution in [2.24, 2.45) is 0 Å². The van der Waals surface area contributed by atoms with E-state index in [9.17, 15) is 4.79 Å². The van der Waals surface area contributed by atoms with Crippen LogP contribution in [0.1, 0.15) is 38.4 Å². The average molecular weight is 340 g/mol. The molecule has 134 valence electrons. The predicted octanol–water partition coefficient (Wildman–Crippen LogP) is 2.68. The number of fused-ring (bicyclic) bond motifs is 1. The van der Waals surface area contributed by atoms with E-state index in [2.05, 4.69) is 34.4 Å². The van der Waals surface area contributed by atoms with Gasteiger partial charge < -0.3 is 14.4 Å². The van der Waals surface area contributed by atoms with E-state index in [1.54, 1.807) is 0 Å². The molecule has 2 fully saturated rings. The Labute approximate surface area is 149 Å². The summed E-state index contributed by atoms with van der Waals surface area (Å²) < 4.78 is 2.12. The van der Waals surface area contributed by atoms with Gasteiger partial charge in [-0.2, -0.15) is 0 Å². The van der Waals surface area contributed by atoms with Gasteiger partial charge in [-0.15, -0.1) is 0 Å². The molecule has 0 bridgehead atoms. The van der Waals surface area contributed by atoms with Gasteiger partial charge in [0.1, 0.15) is 12.4 Å². The second kappa shape index (κ2) is 6.79. The first kappa shape index (κ1) is 16.6. The molecule has 2 saturated heterocycles. The molecule has 1 amide bonds. The molecule has 2 aliphatic rings. The van der Waals surface area contributed by atoms with Crippen LogP contribution in [0, 0.1) is 0 Å². The van der Waals surface area contributed by atoms with Crippen LogP contribution in [-0.4, -0.2) is 57.5 Å². The molecule has 0 N–H and O–H groups in total. The van der Waals surface area contributed by atoms with E-state index in [0.717, 1.165) is 49.2 Å². The lowest BCUT2D eigenvalue weighted by atomic mass is 10.0. The molecule has 2 aliphatic heterocycles. The summed E-state index contributed by atoms with van der Waals surface area (Å²) in [5.41, 5.74) is 2.06. The molecule has 0 radical (unpaired) electrons. The number of aryl methyl sites for hydroxylation is 1. The molecule has 2 atom stereocenters. The maximum atomic E-state index is 13.2. The van der Waals surface area contributed by atoms with Gasteiger partial charge in [0.25, 0.3) is 0 Å². The van der Waals surface area contributed by atoms with E-state index in [1.165, 1.54) is 12.8 Å². The summed E-state index contributed by atoms with van der Waals surface area (Å²) in [4.78, 5) is 22.5. The van der Waals surface area contributed by atoms with Crippen molar-refractivity contribution in [1.29, 1.82) is 0 Å². The van der Waals surface area contributed by atoms with Crippen LogP contribution in [-0.2, 0) is 17.8 Å². The number of hydrogen-bond donors (Lipinski definition) is 0. The fraction of sp³-hybridized carbons (Fsp3) is 0.600. The number of nitrogens with zero attached hydrogens (tertiary/aromatic N) is 4. The summed E-state index contributed by atoms with van der Waals surface area (Å²) in [7, 11) is 2.21. The zero-order chi connectivity index (χ0) is 17.4. The summed E-state index contributed by atoms with van der Waals surface area (Å²) in [6.07, 6.45) is 5.60. The third-order valence-corrected chi connectivity index (χ3v) is 5.98. The molecule has 5 nitrogen and oxygen atoms in total. The number of aromatic nitrogens is 2. The molecule has 0 unspecified atom stereocenters. The molecule has 4 rings (SSSR count). The Morgan fingerprint density at radius 2 is 1.92 bits per heavy atom. The van der Waals surface area contributed by atoms with Gasteiger partial charge in [-0.05, 0) is 51.4 Å². The smallest absolute Gasteiger partial charge is 0.242 e. The first-order valence-electron chi connectivity index (χ1n) is 9.63. The summed E-state index contributed by atoms with van der Waals surface area (Å²) in [5, 5.41) is 0. The Bertz CT molecular complexity index is 768. The monoisotopic (exact) mass is 340 g/mol. The number of carbonyl (C=O) groups excluding carboxylic acids is 1. The topological polar surface area (TPSA) is 41.4 Å². The quantitative estimate of drug-likeness (QED) is 0.859. The summed E-state index contributed by atoms with van der Waals surface area (Å²) >= 11 is 0. The molecule has 0 aliphatic carbocycles. The van der Waals surface area contributed by atoms with Crippen molar-refractivity contribution in [2.75, 3.05) is 20.1 Å². The standard InChI is InChI=1S/C20H28N4O/c1-3-19-21-15-8-4-5-9-16(15)24(19)14-20(25)23-13-7-11-18(23)17-10-6-12-22(17)2/h4-5,8-9,17-18H,3,6-7,10-14H2,1-2H3/t17-,18-/m0/s1. The Kier molecular flexibility index (Phi) is 4.50. The van der Waals surface area contributed by atoms with Crippen molar-refractivity contribution in [3.8, 4) is 0 Å². The Morgan fingerprint density at radius 1 is 1.16 bits per heavy atom. The molecule has 25 heavy (non-hydrogen) atoms. The highest BCUT2D eigenvalue weighted by Crippen LogP contribution is 2.29. The van der Waals surface area contributed by atoms with Crippen molar-refractivity contribution in [3.63, 3.8) is 0 Å². The van der Waals surface area contributed by atoms with Gasteiger partial charge in [0.2, 0.25) is 5.91 Å². The lowest BCUT2D eigenvalue weighted by Crippen LogP contribution is -2.48. The molecule has 0 saturated carbocycles. The second-order valence-electron chi connectivity index (χ2n) is 7.44. The van der Waals surface area contributed by atoms with Crippen LogP contribution in [0.25, 0.3) is 11.0 Å². The molecule has 1 aromatic carbocycles. The number of carbonyl (C=O) groups is 1. The molecule has 1 aromatic heterocycles. The van der Waals surface area contributed by atoms with Gasteiger partial charge in [-0.1, -0.05) is 19.1 Å². The molecule has 3 heterocycles. The van der Waals surface area contributed by atoms with Crippen LogP contribution >= 0.6 is 0 Å². The number of para-hydroxylation sites is 2. The lowest BCUT2D eigenvalue weighted by molar-refractivity contribution is -0.133. The maximum absolute atomic E-state index is 13.2. The van der Waals surface area contributed by atoms with E-state index >= 15 is 0 Å². The maximum Gasteiger partial charge on any atom is 0.242 e. The lowest BCUT2D eigenvalue weighted by Gasteiger charge is -2.33. The number of amides is 1. The zero-order valence-electron chi connectivity index (χ0n) is 15.3. The van der Waals surface area contributed by atoms with E-state index in [1.807, 2.05) is 18.2 Å². The highest BCUT2D eigenvalue weighted by Gasteiger charge is 2.38. The Balaban J connectivity index is 1.57. The van der Waals surface area contributed by atoms with Crippen LogP contribution in [0.4, 0.5) is 0 Å². The average Bonchev–Trinajstić information content (AvgIpc) is 3.33. The summed E-state index contributed by atoms with van der Waals surface area (Å²) in [6, 6.07) is 9.06. The fourth-order valence-electron chi connectivity index (χ4n) is 4.72. The van der Waals surface area contributed by atoms with Crippen LogP contribution in [0.3, 0.4) is 0 Å². The minimum absolute atomic E-state index is 0.251. The van der Waals surface area contributed by atoms with Gasteiger partial charge in [0.05, 0.1) is 11.0 Å². The van der Waals surface area contributed by atoms with E-state index < -0.39 is 0 Å².